The largest absolute Gasteiger partial charge is 0.480 e. The lowest BCUT2D eigenvalue weighted by Gasteiger charge is -2.42. The Kier molecular flexibility index (Phi) is 12.8. The summed E-state index contributed by atoms with van der Waals surface area (Å²) < 4.78 is 11.0. The number of carbonyl (C=O) groups is 6. The maximum Gasteiger partial charge on any atom is 0.407 e. The van der Waals surface area contributed by atoms with Crippen molar-refractivity contribution in [3.8, 4) is 11.1 Å². The van der Waals surface area contributed by atoms with E-state index in [4.69, 9.17) is 19.7 Å². The number of benzene rings is 2. The van der Waals surface area contributed by atoms with Gasteiger partial charge in [-0.3, -0.25) is 19.2 Å². The summed E-state index contributed by atoms with van der Waals surface area (Å²) in [5.74, 6) is -5.55. The third-order valence-corrected chi connectivity index (χ3v) is 8.18. The molecule has 1 saturated heterocycles. The molecule has 7 atom stereocenters. The zero-order valence-corrected chi connectivity index (χ0v) is 26.8. The first kappa shape index (κ1) is 37.7. The van der Waals surface area contributed by atoms with Crippen LogP contribution < -0.4 is 26.6 Å². The number of aliphatic hydroxyl groups is 4. The van der Waals surface area contributed by atoms with E-state index in [1.807, 2.05) is 53.8 Å². The molecule has 2 aliphatic rings. The van der Waals surface area contributed by atoms with E-state index in [1.54, 1.807) is 0 Å². The Morgan fingerprint density at radius 1 is 0.840 bits per heavy atom. The average molecular weight is 702 g/mol. The Labute approximate surface area is 285 Å². The van der Waals surface area contributed by atoms with Gasteiger partial charge in [-0.2, -0.15) is 0 Å². The third kappa shape index (κ3) is 9.10. The standard InChI is InChI=1S/C32H39N5O13/c1-15(40)34-26-28(44)27(43)23(13-39)50-30(26)37-24(41)10-21(29(45)33-11-25(42)35-22(12-38)31(46)47)36-32(48)49-14-20-18-8-4-2-6-16(18)17-7-3-5-9-19(17)20/h2-9,20-23,26-28,30,38-39,43-44H,10-14H2,1H3,(H,33,45)(H,34,40)(H,35,42)(H,36,48)(H,37,41)(H,46,47)/t21-,22-,23+,26+,27+,28+,30+/m0/s1. The topological polar surface area (TPSA) is 282 Å². The van der Waals surface area contributed by atoms with E-state index in [-0.39, 0.29) is 12.5 Å². The highest BCUT2D eigenvalue weighted by Crippen LogP contribution is 2.44. The Balaban J connectivity index is 1.46. The molecule has 0 bridgehead atoms. The number of alkyl carbamates (subject to hydrolysis) is 1. The Morgan fingerprint density at radius 3 is 2.02 bits per heavy atom. The molecule has 5 amide bonds. The van der Waals surface area contributed by atoms with Crippen LogP contribution in [0.25, 0.3) is 11.1 Å². The van der Waals surface area contributed by atoms with Gasteiger partial charge in [0.15, 0.2) is 6.23 Å². The number of carboxylic acids is 1. The fourth-order valence-corrected chi connectivity index (χ4v) is 5.75. The summed E-state index contributed by atoms with van der Waals surface area (Å²) in [5.41, 5.74) is 3.77. The van der Waals surface area contributed by atoms with E-state index >= 15 is 0 Å². The number of carbonyl (C=O) groups excluding carboxylic acids is 5. The summed E-state index contributed by atoms with van der Waals surface area (Å²) >= 11 is 0. The highest BCUT2D eigenvalue weighted by atomic mass is 16.6. The predicted octanol–water partition coefficient (Wildman–Crippen LogP) is -2.98. The van der Waals surface area contributed by atoms with Gasteiger partial charge in [-0.25, -0.2) is 9.59 Å². The summed E-state index contributed by atoms with van der Waals surface area (Å²) in [5, 5.41) is 59.7. The molecule has 50 heavy (non-hydrogen) atoms. The Hall–Kier alpha value is -5.14. The lowest BCUT2D eigenvalue weighted by molar-refractivity contribution is -0.203. The van der Waals surface area contributed by atoms with Crippen molar-refractivity contribution in [3.63, 3.8) is 0 Å². The average Bonchev–Trinajstić information content (AvgIpc) is 3.41. The molecule has 0 unspecified atom stereocenters. The molecule has 18 heteroatoms. The van der Waals surface area contributed by atoms with Crippen LogP contribution in [0.1, 0.15) is 30.4 Å². The van der Waals surface area contributed by atoms with Gasteiger partial charge in [0.25, 0.3) is 0 Å². The molecule has 1 aliphatic carbocycles. The monoisotopic (exact) mass is 701 g/mol. The number of hydrogen-bond donors (Lipinski definition) is 10. The molecule has 0 spiro atoms. The SMILES string of the molecule is CC(=O)N[C@@H]1[C@@H](O)[C@H](O)[C@@H](CO)O[C@H]1NC(=O)C[C@H](NC(=O)OCC1c2ccccc2-c2ccccc21)C(=O)NCC(=O)N[C@@H](CO)C(=O)O. The molecule has 2 aromatic carbocycles. The zero-order valence-electron chi connectivity index (χ0n) is 26.8. The smallest absolute Gasteiger partial charge is 0.407 e. The van der Waals surface area contributed by atoms with E-state index in [9.17, 15) is 44.1 Å². The molecule has 1 heterocycles. The molecule has 4 rings (SSSR count). The van der Waals surface area contributed by atoms with Crippen LogP contribution in [-0.4, -0.2) is 130 Å². The fraction of sp³-hybridized carbons (Fsp3) is 0.438. The predicted molar refractivity (Wildman–Crippen MR) is 170 cm³/mol. The van der Waals surface area contributed by atoms with Crippen molar-refractivity contribution in [1.82, 2.24) is 26.6 Å². The molecular weight excluding hydrogens is 662 g/mol. The van der Waals surface area contributed by atoms with Crippen LogP contribution in [0.4, 0.5) is 4.79 Å². The van der Waals surface area contributed by atoms with Crippen LogP contribution in [0.15, 0.2) is 48.5 Å². The van der Waals surface area contributed by atoms with Crippen LogP contribution in [0.3, 0.4) is 0 Å². The minimum absolute atomic E-state index is 0.141. The molecule has 18 nitrogen and oxygen atoms in total. The number of carboxylic acid groups (broad SMARTS) is 1. The summed E-state index contributed by atoms with van der Waals surface area (Å²) in [7, 11) is 0. The second-order valence-corrected chi connectivity index (χ2v) is 11.6. The summed E-state index contributed by atoms with van der Waals surface area (Å²) in [6, 6.07) is 10.4. The van der Waals surface area contributed by atoms with Gasteiger partial charge in [0.05, 0.1) is 26.2 Å². The molecule has 270 valence electrons. The summed E-state index contributed by atoms with van der Waals surface area (Å²) in [4.78, 5) is 74.6. The normalized spacial score (nSPS) is 22.1. The Bertz CT molecular complexity index is 1540. The van der Waals surface area contributed by atoms with Crippen molar-refractivity contribution in [1.29, 1.82) is 0 Å². The Morgan fingerprint density at radius 2 is 1.46 bits per heavy atom. The molecular formula is C32H39N5O13. The minimum atomic E-state index is -1.70. The number of ether oxygens (including phenoxy) is 2. The number of amides is 5. The van der Waals surface area contributed by atoms with E-state index in [1.165, 1.54) is 0 Å². The lowest BCUT2D eigenvalue weighted by Crippen LogP contribution is -2.68. The van der Waals surface area contributed by atoms with Gasteiger partial charge in [0, 0.05) is 12.8 Å². The number of aliphatic carboxylic acids is 1. The van der Waals surface area contributed by atoms with Crippen LogP contribution >= 0.6 is 0 Å². The summed E-state index contributed by atoms with van der Waals surface area (Å²) in [6.45, 7) is -1.51. The van der Waals surface area contributed by atoms with Gasteiger partial charge in [-0.05, 0) is 22.3 Å². The molecule has 2 aromatic rings. The number of nitrogens with one attached hydrogen (secondary N) is 5. The third-order valence-electron chi connectivity index (χ3n) is 8.18. The van der Waals surface area contributed by atoms with E-state index in [0.29, 0.717) is 0 Å². The van der Waals surface area contributed by atoms with E-state index in [0.717, 1.165) is 29.2 Å². The molecule has 0 saturated carbocycles. The quantitative estimate of drug-likeness (QED) is 0.0943. The maximum atomic E-state index is 13.2. The molecule has 10 N–H and O–H groups in total. The second kappa shape index (κ2) is 17.0. The minimum Gasteiger partial charge on any atom is -0.480 e. The number of rotatable bonds is 14. The highest BCUT2D eigenvalue weighted by Gasteiger charge is 2.45. The van der Waals surface area contributed by atoms with Crippen molar-refractivity contribution in [2.24, 2.45) is 0 Å². The van der Waals surface area contributed by atoms with Gasteiger partial charge >= 0.3 is 12.1 Å². The van der Waals surface area contributed by atoms with Gasteiger partial charge in [-0.1, -0.05) is 48.5 Å². The molecule has 0 radical (unpaired) electrons. The number of fused-ring (bicyclic) bond motifs is 3. The zero-order chi connectivity index (χ0) is 36.5. The van der Waals surface area contributed by atoms with Gasteiger partial charge in [-0.15, -0.1) is 0 Å². The first-order valence-corrected chi connectivity index (χ1v) is 15.6. The van der Waals surface area contributed by atoms with Crippen molar-refractivity contribution in [2.75, 3.05) is 26.4 Å². The van der Waals surface area contributed by atoms with Crippen molar-refractivity contribution in [3.05, 3.63) is 59.7 Å². The van der Waals surface area contributed by atoms with E-state index in [2.05, 4.69) is 21.3 Å². The van der Waals surface area contributed by atoms with E-state index < -0.39 is 105 Å². The fourth-order valence-electron chi connectivity index (χ4n) is 5.75. The second-order valence-electron chi connectivity index (χ2n) is 11.6. The summed E-state index contributed by atoms with van der Waals surface area (Å²) in [6.07, 6.45) is -8.07. The van der Waals surface area contributed by atoms with Crippen LogP contribution in [0, 0.1) is 0 Å². The molecule has 0 aromatic heterocycles. The molecule has 1 fully saturated rings. The first-order valence-electron chi connectivity index (χ1n) is 15.6. The van der Waals surface area contributed by atoms with Gasteiger partial charge in [0.1, 0.15) is 43.0 Å². The molecule has 1 aliphatic heterocycles. The van der Waals surface area contributed by atoms with Crippen molar-refractivity contribution in [2.45, 2.75) is 61.9 Å². The maximum absolute atomic E-state index is 13.2. The van der Waals surface area contributed by atoms with Crippen molar-refractivity contribution >= 4 is 35.7 Å². The number of hydrogen-bond acceptors (Lipinski definition) is 12. The number of aliphatic hydroxyl groups excluding tert-OH is 4. The van der Waals surface area contributed by atoms with Crippen molar-refractivity contribution < 1.29 is 63.8 Å². The lowest BCUT2D eigenvalue weighted by atomic mass is 9.95. The van der Waals surface area contributed by atoms with Crippen LogP contribution in [0.2, 0.25) is 0 Å². The van der Waals surface area contributed by atoms with Crippen LogP contribution in [-0.2, 0) is 33.4 Å². The first-order chi connectivity index (χ1) is 23.8. The highest BCUT2D eigenvalue weighted by molar-refractivity contribution is 5.93. The van der Waals surface area contributed by atoms with Gasteiger partial charge < -0.3 is 61.6 Å². The van der Waals surface area contributed by atoms with Crippen LogP contribution in [0.5, 0.6) is 0 Å². The van der Waals surface area contributed by atoms with Gasteiger partial charge in [0.2, 0.25) is 23.6 Å².